The third kappa shape index (κ3) is 3.40. The Labute approximate surface area is 195 Å². The predicted molar refractivity (Wildman–Crippen MR) is 126 cm³/mol. The van der Waals surface area contributed by atoms with Crippen molar-refractivity contribution >= 4 is 28.8 Å². The summed E-state index contributed by atoms with van der Waals surface area (Å²) in [7, 11) is 1.90. The van der Waals surface area contributed by atoms with Gasteiger partial charge in [0.15, 0.2) is 0 Å². The molecule has 3 N–H and O–H groups in total. The minimum Gasteiger partial charge on any atom is -0.508 e. The number of rotatable bonds is 3. The number of phenols is 2. The number of ketones is 1. The van der Waals surface area contributed by atoms with Gasteiger partial charge in [0.1, 0.15) is 29.6 Å². The summed E-state index contributed by atoms with van der Waals surface area (Å²) < 4.78 is 5.66. The average molecular weight is 458 g/mol. The third-order valence-corrected chi connectivity index (χ3v) is 6.12. The SMILES string of the molecule is CN1CCOc2ccc(/C(O)=C3/C(=O)C(=O)N(c4ccccc4O)C3c3ccc(O)cc3)cc21. The fourth-order valence-corrected chi connectivity index (χ4v) is 4.37. The molecule has 1 atom stereocenters. The van der Waals surface area contributed by atoms with E-state index in [4.69, 9.17) is 4.74 Å². The van der Waals surface area contributed by atoms with Crippen LogP contribution >= 0.6 is 0 Å². The molecule has 34 heavy (non-hydrogen) atoms. The lowest BCUT2D eigenvalue weighted by Gasteiger charge is -2.28. The molecule has 8 nitrogen and oxygen atoms in total. The first-order valence-electron chi connectivity index (χ1n) is 10.7. The number of carbonyl (C=O) groups is 2. The number of likely N-dealkylation sites (N-methyl/N-ethyl adjacent to an activating group) is 1. The van der Waals surface area contributed by atoms with E-state index in [1.807, 2.05) is 11.9 Å². The van der Waals surface area contributed by atoms with Crippen LogP contribution in [-0.4, -0.2) is 47.2 Å². The number of aromatic hydroxyl groups is 2. The largest absolute Gasteiger partial charge is 0.508 e. The number of nitrogens with zero attached hydrogens (tertiary/aromatic N) is 2. The van der Waals surface area contributed by atoms with Gasteiger partial charge in [0.05, 0.1) is 29.5 Å². The molecule has 2 aliphatic heterocycles. The molecule has 8 heteroatoms. The molecule has 172 valence electrons. The van der Waals surface area contributed by atoms with Crippen LogP contribution in [0.15, 0.2) is 72.3 Å². The number of amides is 1. The fourth-order valence-electron chi connectivity index (χ4n) is 4.37. The Hall–Kier alpha value is -4.46. The van der Waals surface area contributed by atoms with Crippen LogP contribution in [0.1, 0.15) is 17.2 Å². The number of benzene rings is 3. The molecule has 0 spiro atoms. The van der Waals surface area contributed by atoms with E-state index in [0.29, 0.717) is 30.0 Å². The van der Waals surface area contributed by atoms with E-state index < -0.39 is 17.7 Å². The number of para-hydroxylation sites is 2. The number of fused-ring (bicyclic) bond motifs is 1. The zero-order valence-corrected chi connectivity index (χ0v) is 18.3. The van der Waals surface area contributed by atoms with Crippen LogP contribution < -0.4 is 14.5 Å². The Morgan fingerprint density at radius 3 is 2.44 bits per heavy atom. The van der Waals surface area contributed by atoms with Gasteiger partial charge in [0.2, 0.25) is 0 Å². The summed E-state index contributed by atoms with van der Waals surface area (Å²) in [5.74, 6) is -1.59. The highest BCUT2D eigenvalue weighted by molar-refractivity contribution is 6.51. The van der Waals surface area contributed by atoms with Crippen LogP contribution in [0.25, 0.3) is 5.76 Å². The Kier molecular flexibility index (Phi) is 5.13. The van der Waals surface area contributed by atoms with E-state index >= 15 is 0 Å². The molecule has 1 saturated heterocycles. The first-order valence-corrected chi connectivity index (χ1v) is 10.7. The highest BCUT2D eigenvalue weighted by atomic mass is 16.5. The number of aliphatic hydroxyl groups is 1. The van der Waals surface area contributed by atoms with Crippen molar-refractivity contribution in [3.8, 4) is 17.2 Å². The molecule has 2 heterocycles. The molecule has 0 radical (unpaired) electrons. The second-order valence-corrected chi connectivity index (χ2v) is 8.20. The minimum absolute atomic E-state index is 0.0148. The molecule has 0 aromatic heterocycles. The van der Waals surface area contributed by atoms with Crippen molar-refractivity contribution in [3.63, 3.8) is 0 Å². The molecule has 1 fully saturated rings. The van der Waals surface area contributed by atoms with Crippen molar-refractivity contribution in [2.45, 2.75) is 6.04 Å². The van der Waals surface area contributed by atoms with Crippen molar-refractivity contribution in [2.24, 2.45) is 0 Å². The standard InChI is InChI=1S/C26H22N2O6/c1-27-12-13-34-21-11-8-16(14-19(21)27)24(31)22-23(15-6-9-17(29)10-7-15)28(26(33)25(22)32)18-4-2-3-5-20(18)30/h2-11,14,23,29-31H,12-13H2,1H3/b24-22-. The van der Waals surface area contributed by atoms with Gasteiger partial charge in [-0.3, -0.25) is 14.5 Å². The van der Waals surface area contributed by atoms with E-state index in [1.165, 1.54) is 29.2 Å². The van der Waals surface area contributed by atoms with Crippen molar-refractivity contribution in [2.75, 3.05) is 30.0 Å². The summed E-state index contributed by atoms with van der Waals surface area (Å²) in [6, 6.07) is 16.3. The molecule has 0 bridgehead atoms. The fraction of sp³-hybridized carbons (Fsp3) is 0.154. The van der Waals surface area contributed by atoms with Crippen LogP contribution in [0, 0.1) is 0 Å². The topological polar surface area (TPSA) is 111 Å². The first kappa shape index (κ1) is 21.4. The van der Waals surface area contributed by atoms with Gasteiger partial charge in [-0.1, -0.05) is 24.3 Å². The van der Waals surface area contributed by atoms with Crippen molar-refractivity contribution in [1.29, 1.82) is 0 Å². The number of phenolic OH excluding ortho intramolecular Hbond substituents is 2. The second kappa shape index (κ2) is 8.15. The van der Waals surface area contributed by atoms with Crippen molar-refractivity contribution < 1.29 is 29.6 Å². The number of carbonyl (C=O) groups excluding carboxylic acids is 2. The maximum absolute atomic E-state index is 13.2. The molecule has 0 saturated carbocycles. The summed E-state index contributed by atoms with van der Waals surface area (Å²) in [6.45, 7) is 1.21. The zero-order chi connectivity index (χ0) is 24.0. The number of hydrogen-bond donors (Lipinski definition) is 3. The van der Waals surface area contributed by atoms with Crippen LogP contribution in [0.3, 0.4) is 0 Å². The zero-order valence-electron chi connectivity index (χ0n) is 18.3. The maximum atomic E-state index is 13.2. The molecule has 3 aromatic carbocycles. The normalized spacial score (nSPS) is 19.1. The summed E-state index contributed by atoms with van der Waals surface area (Å²) in [6.07, 6.45) is 0. The Bertz CT molecular complexity index is 1330. The molecule has 5 rings (SSSR count). The van der Waals surface area contributed by atoms with E-state index in [1.54, 1.807) is 42.5 Å². The van der Waals surface area contributed by atoms with Gasteiger partial charge in [-0.15, -0.1) is 0 Å². The average Bonchev–Trinajstić information content (AvgIpc) is 3.10. The number of aliphatic hydroxyl groups excluding tert-OH is 1. The van der Waals surface area contributed by atoms with Gasteiger partial charge < -0.3 is 25.0 Å². The number of ether oxygens (including phenoxy) is 1. The van der Waals surface area contributed by atoms with E-state index in [9.17, 15) is 24.9 Å². The first-order chi connectivity index (χ1) is 16.4. The van der Waals surface area contributed by atoms with E-state index in [-0.39, 0.29) is 28.5 Å². The molecule has 1 amide bonds. The minimum atomic E-state index is -1.01. The lowest BCUT2D eigenvalue weighted by Crippen LogP contribution is -2.29. The van der Waals surface area contributed by atoms with Gasteiger partial charge in [0, 0.05) is 12.6 Å². The second-order valence-electron chi connectivity index (χ2n) is 8.20. The Morgan fingerprint density at radius 2 is 1.71 bits per heavy atom. The lowest BCUT2D eigenvalue weighted by atomic mass is 9.94. The summed E-state index contributed by atoms with van der Waals surface area (Å²) in [4.78, 5) is 29.6. The predicted octanol–water partition coefficient (Wildman–Crippen LogP) is 3.55. The smallest absolute Gasteiger partial charge is 0.300 e. The Morgan fingerprint density at radius 1 is 0.971 bits per heavy atom. The van der Waals surface area contributed by atoms with Gasteiger partial charge in [-0.2, -0.15) is 0 Å². The molecule has 3 aromatic rings. The van der Waals surface area contributed by atoms with Crippen LogP contribution in [-0.2, 0) is 9.59 Å². The molecular weight excluding hydrogens is 436 g/mol. The summed E-state index contributed by atoms with van der Waals surface area (Å²) >= 11 is 0. The van der Waals surface area contributed by atoms with Crippen molar-refractivity contribution in [1.82, 2.24) is 0 Å². The molecule has 1 unspecified atom stereocenters. The summed E-state index contributed by atoms with van der Waals surface area (Å²) in [5, 5.41) is 31.5. The maximum Gasteiger partial charge on any atom is 0.300 e. The van der Waals surface area contributed by atoms with Gasteiger partial charge in [0.25, 0.3) is 11.7 Å². The molecule has 0 aliphatic carbocycles. The summed E-state index contributed by atoms with van der Waals surface area (Å²) in [5.41, 5.74) is 1.63. The van der Waals surface area contributed by atoms with Crippen LogP contribution in [0.4, 0.5) is 11.4 Å². The monoisotopic (exact) mass is 458 g/mol. The number of hydrogen-bond acceptors (Lipinski definition) is 7. The highest BCUT2D eigenvalue weighted by Gasteiger charge is 2.47. The molecule has 2 aliphatic rings. The molecular formula is C26H22N2O6. The van der Waals surface area contributed by atoms with Gasteiger partial charge in [-0.25, -0.2) is 0 Å². The number of anilines is 2. The van der Waals surface area contributed by atoms with E-state index in [2.05, 4.69) is 0 Å². The quantitative estimate of drug-likeness (QED) is 0.313. The van der Waals surface area contributed by atoms with Gasteiger partial charge in [-0.05, 0) is 48.0 Å². The lowest BCUT2D eigenvalue weighted by molar-refractivity contribution is -0.132. The Balaban J connectivity index is 1.71. The third-order valence-electron chi connectivity index (χ3n) is 6.12. The van der Waals surface area contributed by atoms with Crippen molar-refractivity contribution in [3.05, 3.63) is 83.4 Å². The number of Topliss-reactive ketones (excluding diaryl/α,β-unsaturated/α-hetero) is 1. The van der Waals surface area contributed by atoms with Crippen LogP contribution in [0.5, 0.6) is 17.2 Å². The van der Waals surface area contributed by atoms with E-state index in [0.717, 1.165) is 5.69 Å². The van der Waals surface area contributed by atoms with Gasteiger partial charge >= 0.3 is 0 Å². The highest BCUT2D eigenvalue weighted by Crippen LogP contribution is 2.45. The van der Waals surface area contributed by atoms with Crippen LogP contribution in [0.2, 0.25) is 0 Å².